The quantitative estimate of drug-likeness (QED) is 0.678. The molecule has 3 heteroatoms. The second kappa shape index (κ2) is 3.75. The summed E-state index contributed by atoms with van der Waals surface area (Å²) >= 11 is 0. The van der Waals surface area contributed by atoms with Crippen LogP contribution < -0.4 is 5.32 Å². The van der Waals surface area contributed by atoms with Crippen LogP contribution in [0.5, 0.6) is 0 Å². The molecule has 1 N–H and O–H groups in total. The van der Waals surface area contributed by atoms with Crippen LogP contribution in [0.3, 0.4) is 0 Å². The highest BCUT2D eigenvalue weighted by Crippen LogP contribution is 2.35. The monoisotopic (exact) mass is 189 g/mol. The molecule has 1 saturated carbocycles. The normalized spacial score (nSPS) is 35.9. The van der Waals surface area contributed by atoms with E-state index in [9.17, 15) is 4.79 Å². The van der Waals surface area contributed by atoms with E-state index in [-0.39, 0.29) is 12.4 Å². The van der Waals surface area contributed by atoms with Gasteiger partial charge in [-0.3, -0.25) is 4.79 Å². The first-order valence-corrected chi connectivity index (χ1v) is 4.53. The van der Waals surface area contributed by atoms with Gasteiger partial charge in [0.25, 0.3) is 0 Å². The Labute approximate surface area is 79.5 Å². The zero-order valence-corrected chi connectivity index (χ0v) is 8.19. The van der Waals surface area contributed by atoms with Crippen LogP contribution in [0.4, 0.5) is 0 Å². The minimum absolute atomic E-state index is 0. The molecule has 2 unspecified atom stereocenters. The predicted octanol–water partition coefficient (Wildman–Crippen LogP) is 1.53. The van der Waals surface area contributed by atoms with Crippen molar-refractivity contribution in [2.75, 3.05) is 0 Å². The first-order chi connectivity index (χ1) is 5.25. The van der Waals surface area contributed by atoms with Gasteiger partial charge in [-0.25, -0.2) is 0 Å². The average Bonchev–Trinajstić information content (AvgIpc) is 2.64. The van der Waals surface area contributed by atoms with Crippen molar-refractivity contribution in [2.45, 2.75) is 44.7 Å². The van der Waals surface area contributed by atoms with Crippen molar-refractivity contribution in [1.29, 1.82) is 0 Å². The van der Waals surface area contributed by atoms with E-state index in [0.717, 1.165) is 18.8 Å². The zero-order chi connectivity index (χ0) is 7.84. The largest absolute Gasteiger partial charge is 0.310 e. The number of Topliss-reactive ketones (excluding diaryl/α,β-unsaturated/α-hetero) is 1. The van der Waals surface area contributed by atoms with E-state index in [4.69, 9.17) is 0 Å². The Kier molecular flexibility index (Phi) is 3.13. The third kappa shape index (κ3) is 2.20. The molecule has 2 rings (SSSR count). The van der Waals surface area contributed by atoms with Gasteiger partial charge in [-0.2, -0.15) is 0 Å². The minimum Gasteiger partial charge on any atom is -0.310 e. The molecule has 0 amide bonds. The van der Waals surface area contributed by atoms with Crippen molar-refractivity contribution in [3.05, 3.63) is 0 Å². The molecule has 0 spiro atoms. The maximum atomic E-state index is 11.2. The van der Waals surface area contributed by atoms with Gasteiger partial charge in [-0.15, -0.1) is 12.4 Å². The van der Waals surface area contributed by atoms with Gasteiger partial charge in [0.1, 0.15) is 5.78 Å². The van der Waals surface area contributed by atoms with Crippen LogP contribution in [-0.2, 0) is 4.79 Å². The molecule has 0 aromatic heterocycles. The second-order valence-corrected chi connectivity index (χ2v) is 3.96. The smallest absolute Gasteiger partial charge is 0.136 e. The van der Waals surface area contributed by atoms with E-state index in [2.05, 4.69) is 12.2 Å². The summed E-state index contributed by atoms with van der Waals surface area (Å²) in [7, 11) is 0. The third-order valence-electron chi connectivity index (χ3n) is 2.67. The number of carbonyl (C=O) groups excluding carboxylic acids is 1. The van der Waals surface area contributed by atoms with Crippen molar-refractivity contribution in [1.82, 2.24) is 5.32 Å². The van der Waals surface area contributed by atoms with E-state index < -0.39 is 0 Å². The summed E-state index contributed by atoms with van der Waals surface area (Å²) < 4.78 is 0. The molecule has 12 heavy (non-hydrogen) atoms. The van der Waals surface area contributed by atoms with Crippen LogP contribution in [0.1, 0.15) is 32.6 Å². The minimum atomic E-state index is 0. The lowest BCUT2D eigenvalue weighted by Gasteiger charge is -2.27. The van der Waals surface area contributed by atoms with Gasteiger partial charge in [0.05, 0.1) is 0 Å². The molecule has 0 bridgehead atoms. The number of halogens is 1. The Morgan fingerprint density at radius 3 is 2.50 bits per heavy atom. The molecule has 2 fully saturated rings. The standard InChI is InChI=1S/C9H15NO.ClH/c1-6-4-8(11)5-9(10-6)7-2-3-7;/h6-7,9-10H,2-5H2,1H3;1H. The maximum Gasteiger partial charge on any atom is 0.136 e. The molecular weight excluding hydrogens is 174 g/mol. The Bertz CT molecular complexity index is 179. The summed E-state index contributed by atoms with van der Waals surface area (Å²) in [5, 5.41) is 3.49. The summed E-state index contributed by atoms with van der Waals surface area (Å²) in [6.45, 7) is 2.10. The van der Waals surface area contributed by atoms with Gasteiger partial charge >= 0.3 is 0 Å². The molecule has 1 saturated heterocycles. The zero-order valence-electron chi connectivity index (χ0n) is 7.38. The third-order valence-corrected chi connectivity index (χ3v) is 2.67. The number of hydrogen-bond donors (Lipinski definition) is 1. The molecule has 70 valence electrons. The molecule has 2 nitrogen and oxygen atoms in total. The van der Waals surface area contributed by atoms with Gasteiger partial charge in [-0.1, -0.05) is 0 Å². The van der Waals surface area contributed by atoms with Gasteiger partial charge < -0.3 is 5.32 Å². The molecule has 0 aromatic carbocycles. The Balaban J connectivity index is 0.000000720. The van der Waals surface area contributed by atoms with Crippen LogP contribution in [-0.4, -0.2) is 17.9 Å². The number of rotatable bonds is 1. The summed E-state index contributed by atoms with van der Waals surface area (Å²) in [6, 6.07) is 0.938. The van der Waals surface area contributed by atoms with Gasteiger partial charge in [0.15, 0.2) is 0 Å². The number of nitrogens with one attached hydrogen (secondary N) is 1. The van der Waals surface area contributed by atoms with E-state index >= 15 is 0 Å². The van der Waals surface area contributed by atoms with Gasteiger partial charge in [-0.05, 0) is 25.7 Å². The molecule has 2 atom stereocenters. The fraction of sp³-hybridized carbons (Fsp3) is 0.889. The first-order valence-electron chi connectivity index (χ1n) is 4.53. The predicted molar refractivity (Wildman–Crippen MR) is 50.6 cm³/mol. The topological polar surface area (TPSA) is 29.1 Å². The van der Waals surface area contributed by atoms with E-state index in [1.54, 1.807) is 0 Å². The van der Waals surface area contributed by atoms with Crippen molar-refractivity contribution < 1.29 is 4.79 Å². The van der Waals surface area contributed by atoms with Crippen molar-refractivity contribution in [3.8, 4) is 0 Å². The number of hydrogen-bond acceptors (Lipinski definition) is 2. The molecule has 1 aliphatic heterocycles. The molecular formula is C9H16ClNO. The maximum absolute atomic E-state index is 11.2. The Morgan fingerprint density at radius 2 is 2.00 bits per heavy atom. The Morgan fingerprint density at radius 1 is 1.33 bits per heavy atom. The van der Waals surface area contributed by atoms with Crippen molar-refractivity contribution in [3.63, 3.8) is 0 Å². The van der Waals surface area contributed by atoms with Crippen LogP contribution in [0.2, 0.25) is 0 Å². The highest BCUT2D eigenvalue weighted by molar-refractivity contribution is 5.85. The Hall–Kier alpha value is -0.0800. The summed E-state index contributed by atoms with van der Waals surface area (Å²) in [6.07, 6.45) is 4.19. The van der Waals surface area contributed by atoms with Crippen LogP contribution in [0, 0.1) is 5.92 Å². The second-order valence-electron chi connectivity index (χ2n) is 3.96. The van der Waals surface area contributed by atoms with E-state index in [0.29, 0.717) is 17.9 Å². The SMILES string of the molecule is CC1CC(=O)CC(C2CC2)N1.Cl. The molecule has 0 aromatic rings. The lowest BCUT2D eigenvalue weighted by atomic mass is 9.95. The summed E-state index contributed by atoms with van der Waals surface area (Å²) in [5.41, 5.74) is 0. The fourth-order valence-corrected chi connectivity index (χ4v) is 1.95. The van der Waals surface area contributed by atoms with Crippen molar-refractivity contribution in [2.24, 2.45) is 5.92 Å². The van der Waals surface area contributed by atoms with Crippen molar-refractivity contribution >= 4 is 18.2 Å². The molecule has 1 aliphatic carbocycles. The molecule has 2 aliphatic rings. The van der Waals surface area contributed by atoms with E-state index in [1.165, 1.54) is 12.8 Å². The van der Waals surface area contributed by atoms with Gasteiger partial charge in [0, 0.05) is 24.9 Å². The molecule has 1 heterocycles. The van der Waals surface area contributed by atoms with Gasteiger partial charge in [0.2, 0.25) is 0 Å². The number of ketones is 1. The summed E-state index contributed by atoms with van der Waals surface area (Å²) in [5.74, 6) is 1.27. The van der Waals surface area contributed by atoms with Crippen LogP contribution >= 0.6 is 12.4 Å². The highest BCUT2D eigenvalue weighted by atomic mass is 35.5. The number of piperidine rings is 1. The number of carbonyl (C=O) groups is 1. The fourth-order valence-electron chi connectivity index (χ4n) is 1.95. The highest BCUT2D eigenvalue weighted by Gasteiger charge is 2.35. The summed E-state index contributed by atoms with van der Waals surface area (Å²) in [4.78, 5) is 11.2. The lowest BCUT2D eigenvalue weighted by Crippen LogP contribution is -2.45. The molecule has 0 radical (unpaired) electrons. The lowest BCUT2D eigenvalue weighted by molar-refractivity contribution is -0.121. The van der Waals surface area contributed by atoms with Crippen LogP contribution in [0.15, 0.2) is 0 Å². The average molecular weight is 190 g/mol. The first kappa shape index (κ1) is 10.0. The van der Waals surface area contributed by atoms with Crippen LogP contribution in [0.25, 0.3) is 0 Å². The van der Waals surface area contributed by atoms with E-state index in [1.807, 2.05) is 0 Å².